The number of rotatable bonds is 8. The van der Waals surface area contributed by atoms with Gasteiger partial charge in [0.05, 0.1) is 17.9 Å². The number of anilines is 3. The fourth-order valence-electron chi connectivity index (χ4n) is 5.20. The van der Waals surface area contributed by atoms with Crippen LogP contribution in [-0.4, -0.2) is 47.0 Å². The molecule has 2 atom stereocenters. The van der Waals surface area contributed by atoms with E-state index >= 15 is 0 Å². The third kappa shape index (κ3) is 4.91. The van der Waals surface area contributed by atoms with E-state index in [2.05, 4.69) is 21.9 Å². The second-order valence-corrected chi connectivity index (χ2v) is 11.1. The van der Waals surface area contributed by atoms with Crippen molar-refractivity contribution in [3.05, 3.63) is 52.4 Å². The normalized spacial score (nSPS) is 24.9. The van der Waals surface area contributed by atoms with E-state index in [4.69, 9.17) is 5.11 Å². The van der Waals surface area contributed by atoms with E-state index in [1.807, 2.05) is 6.07 Å². The smallest absolute Gasteiger partial charge is 0.274 e. The number of nitrogens with zero attached hydrogens (tertiary/aromatic N) is 2. The number of pyridine rings is 1. The van der Waals surface area contributed by atoms with Gasteiger partial charge in [0.15, 0.2) is 0 Å². The number of amides is 1. The van der Waals surface area contributed by atoms with Crippen LogP contribution in [0.15, 0.2) is 41.3 Å². The number of nitrogens with one attached hydrogen (secondary N) is 2. The van der Waals surface area contributed by atoms with Crippen LogP contribution in [0.5, 0.6) is 0 Å². The maximum absolute atomic E-state index is 13.4. The van der Waals surface area contributed by atoms with Gasteiger partial charge >= 0.3 is 0 Å². The molecule has 2 unspecified atom stereocenters. The Balaban J connectivity index is 1.38. The van der Waals surface area contributed by atoms with E-state index < -0.39 is 23.4 Å². The highest BCUT2D eigenvalue weighted by atomic mass is 32.2. The minimum absolute atomic E-state index is 0.0600. The number of alkyl halides is 2. The molecule has 35 heavy (non-hydrogen) atoms. The molecule has 1 amide bonds. The molecule has 0 spiro atoms. The molecule has 5 rings (SSSR count). The van der Waals surface area contributed by atoms with Crippen LogP contribution in [0, 0.1) is 11.3 Å². The fraction of sp³-hybridized carbons (Fsp3) is 0.520. The molecule has 7 nitrogen and oxygen atoms in total. The van der Waals surface area contributed by atoms with Crippen molar-refractivity contribution < 1.29 is 18.7 Å². The molecule has 0 bridgehead atoms. The molecule has 3 N–H and O–H groups in total. The van der Waals surface area contributed by atoms with Crippen LogP contribution in [-0.2, 0) is 0 Å². The number of hydrogen-bond donors (Lipinski definition) is 3. The number of aromatic nitrogens is 1. The van der Waals surface area contributed by atoms with E-state index in [0.717, 1.165) is 30.9 Å². The maximum atomic E-state index is 13.4. The van der Waals surface area contributed by atoms with Gasteiger partial charge in [0.2, 0.25) is 0 Å². The molecule has 188 valence electrons. The Bertz CT molecular complexity index is 1180. The summed E-state index contributed by atoms with van der Waals surface area (Å²) in [4.78, 5) is 28.5. The van der Waals surface area contributed by atoms with Crippen molar-refractivity contribution in [2.75, 3.05) is 40.4 Å². The summed E-state index contributed by atoms with van der Waals surface area (Å²) >= 11 is 1.38. The van der Waals surface area contributed by atoms with Gasteiger partial charge in [0, 0.05) is 49.6 Å². The van der Waals surface area contributed by atoms with Crippen LogP contribution in [0.4, 0.5) is 25.8 Å². The summed E-state index contributed by atoms with van der Waals surface area (Å²) in [6, 6.07) is 8.01. The summed E-state index contributed by atoms with van der Waals surface area (Å²) in [5, 5.41) is 11.8. The Morgan fingerprint density at radius 2 is 2.06 bits per heavy atom. The summed E-state index contributed by atoms with van der Waals surface area (Å²) in [5.74, 6) is -2.01. The third-order valence-electron chi connectivity index (χ3n) is 7.58. The van der Waals surface area contributed by atoms with Gasteiger partial charge in [0.25, 0.3) is 17.4 Å². The highest BCUT2D eigenvalue weighted by Gasteiger charge is 2.53. The molecule has 1 saturated heterocycles. The molecule has 2 aromatic rings. The van der Waals surface area contributed by atoms with Crippen LogP contribution in [0.2, 0.25) is 0 Å². The molecule has 2 aliphatic carbocycles. The molecule has 10 heteroatoms. The number of fused-ring (bicyclic) bond motifs is 1. The SMILES string of the molecule is CC12CCN(c3cc(NSCCO)ccc3C(=O)Nc3cccn(C4CC(F)(F)C4)c3=O)CC1C2. The van der Waals surface area contributed by atoms with Gasteiger partial charge in [-0.15, -0.1) is 0 Å². The topological polar surface area (TPSA) is 86.6 Å². The predicted molar refractivity (Wildman–Crippen MR) is 135 cm³/mol. The van der Waals surface area contributed by atoms with E-state index in [1.54, 1.807) is 18.2 Å². The Morgan fingerprint density at radius 1 is 1.26 bits per heavy atom. The molecule has 2 saturated carbocycles. The second kappa shape index (κ2) is 9.13. The lowest BCUT2D eigenvalue weighted by molar-refractivity contribution is -0.104. The summed E-state index contributed by atoms with van der Waals surface area (Å²) < 4.78 is 31.2. The van der Waals surface area contributed by atoms with E-state index in [-0.39, 0.29) is 25.1 Å². The first-order valence-electron chi connectivity index (χ1n) is 12.0. The monoisotopic (exact) mass is 504 g/mol. The van der Waals surface area contributed by atoms with Gasteiger partial charge in [-0.3, -0.25) is 9.59 Å². The van der Waals surface area contributed by atoms with Crippen LogP contribution >= 0.6 is 11.9 Å². The molecule has 3 fully saturated rings. The van der Waals surface area contributed by atoms with Crippen LogP contribution in [0.1, 0.15) is 49.0 Å². The molecular weight excluding hydrogens is 474 g/mol. The average Bonchev–Trinajstić information content (AvgIpc) is 3.49. The molecular formula is C25H30F2N4O3S. The summed E-state index contributed by atoms with van der Waals surface area (Å²) in [7, 11) is 0. The average molecular weight is 505 g/mol. The van der Waals surface area contributed by atoms with E-state index in [9.17, 15) is 18.4 Å². The fourth-order valence-corrected chi connectivity index (χ4v) is 5.69. The van der Waals surface area contributed by atoms with Crippen LogP contribution in [0.3, 0.4) is 0 Å². The number of aliphatic hydroxyl groups is 1. The number of aliphatic hydroxyl groups excluding tert-OH is 1. The molecule has 1 aromatic carbocycles. The Morgan fingerprint density at radius 3 is 2.77 bits per heavy atom. The van der Waals surface area contributed by atoms with Gasteiger partial charge < -0.3 is 24.6 Å². The zero-order valence-corrected chi connectivity index (χ0v) is 20.4. The van der Waals surface area contributed by atoms with Crippen LogP contribution < -0.4 is 20.5 Å². The first-order valence-corrected chi connectivity index (χ1v) is 13.0. The second-order valence-electron chi connectivity index (χ2n) is 10.2. The summed E-state index contributed by atoms with van der Waals surface area (Å²) in [5.41, 5.74) is 2.07. The van der Waals surface area contributed by atoms with Crippen molar-refractivity contribution in [3.8, 4) is 0 Å². The highest BCUT2D eigenvalue weighted by Crippen LogP contribution is 2.58. The van der Waals surface area contributed by atoms with Crippen molar-refractivity contribution >= 4 is 34.9 Å². The molecule has 1 aliphatic heterocycles. The lowest BCUT2D eigenvalue weighted by atomic mass is 9.88. The standard InChI is InChI=1S/C25H30F2N4O3S/c1-24-6-8-30(15-16(24)12-24)21-11-17(29-35-10-9-32)4-5-19(21)22(33)28-20-3-2-7-31(23(20)34)18-13-25(26,27)14-18/h2-5,7,11,16,18,29,32H,6,8-10,12-15H2,1H3,(H,28,33). The predicted octanol–water partition coefficient (Wildman–Crippen LogP) is 4.36. The number of benzene rings is 1. The number of carbonyl (C=O) groups excluding carboxylic acids is 1. The lowest BCUT2D eigenvalue weighted by Gasteiger charge is -2.36. The van der Waals surface area contributed by atoms with Gasteiger partial charge in [0.1, 0.15) is 5.69 Å². The van der Waals surface area contributed by atoms with Gasteiger partial charge in [-0.2, -0.15) is 0 Å². The van der Waals surface area contributed by atoms with E-state index in [0.29, 0.717) is 22.6 Å². The summed E-state index contributed by atoms with van der Waals surface area (Å²) in [6.07, 6.45) is 3.01. The first-order chi connectivity index (χ1) is 16.7. The van der Waals surface area contributed by atoms with Crippen molar-refractivity contribution in [1.82, 2.24) is 4.57 Å². The minimum Gasteiger partial charge on any atom is -0.395 e. The Labute approximate surface area is 207 Å². The van der Waals surface area contributed by atoms with Gasteiger partial charge in [-0.1, -0.05) is 18.9 Å². The zero-order chi connectivity index (χ0) is 24.8. The van der Waals surface area contributed by atoms with E-state index in [1.165, 1.54) is 35.2 Å². The zero-order valence-electron chi connectivity index (χ0n) is 19.6. The number of piperidine rings is 1. The van der Waals surface area contributed by atoms with Gasteiger partial charge in [-0.25, -0.2) is 8.78 Å². The quantitative estimate of drug-likeness (QED) is 0.366. The number of carbonyl (C=O) groups is 1. The highest BCUT2D eigenvalue weighted by molar-refractivity contribution is 8.00. The maximum Gasteiger partial charge on any atom is 0.274 e. The molecule has 3 aliphatic rings. The molecule has 2 heterocycles. The Kier molecular flexibility index (Phi) is 6.29. The minimum atomic E-state index is -2.74. The largest absolute Gasteiger partial charge is 0.395 e. The van der Waals surface area contributed by atoms with Crippen molar-refractivity contribution in [2.45, 2.75) is 44.6 Å². The third-order valence-corrected chi connectivity index (χ3v) is 8.35. The lowest BCUT2D eigenvalue weighted by Crippen LogP contribution is -2.41. The summed E-state index contributed by atoms with van der Waals surface area (Å²) in [6.45, 7) is 4.08. The van der Waals surface area contributed by atoms with Gasteiger partial charge in [-0.05, 0) is 54.5 Å². The Hall–Kier alpha value is -2.59. The van der Waals surface area contributed by atoms with Crippen LogP contribution in [0.25, 0.3) is 0 Å². The molecule has 0 radical (unpaired) electrons. The first kappa shape index (κ1) is 24.1. The number of hydrogen-bond acceptors (Lipinski definition) is 6. The molecule has 1 aromatic heterocycles. The number of halogens is 2. The van der Waals surface area contributed by atoms with Crippen molar-refractivity contribution in [3.63, 3.8) is 0 Å². The van der Waals surface area contributed by atoms with Crippen molar-refractivity contribution in [1.29, 1.82) is 0 Å². The van der Waals surface area contributed by atoms with Crippen molar-refractivity contribution in [2.24, 2.45) is 11.3 Å².